The fourth-order valence-electron chi connectivity index (χ4n) is 3.02. The zero-order valence-corrected chi connectivity index (χ0v) is 15.3. The first-order chi connectivity index (χ1) is 12.1. The lowest BCUT2D eigenvalue weighted by atomic mass is 10.2. The molecule has 1 aliphatic heterocycles. The van der Waals surface area contributed by atoms with Gasteiger partial charge in [-0.25, -0.2) is 0 Å². The smallest absolute Gasteiger partial charge is 0.119 e. The molecular formula is C20H25ClN2O2. The number of rotatable bonds is 6. The first kappa shape index (κ1) is 18.1. The molecule has 1 saturated heterocycles. The average Bonchev–Trinajstić information content (AvgIpc) is 2.63. The van der Waals surface area contributed by atoms with Crippen molar-refractivity contribution in [2.45, 2.75) is 13.0 Å². The van der Waals surface area contributed by atoms with Crippen LogP contribution in [-0.2, 0) is 0 Å². The maximum Gasteiger partial charge on any atom is 0.119 e. The Kier molecular flexibility index (Phi) is 6.19. The predicted octanol–water partition coefficient (Wildman–Crippen LogP) is 3.21. The molecule has 5 heteroatoms. The molecule has 2 aromatic rings. The average molecular weight is 361 g/mol. The standard InChI is InChI=1S/C20H25ClN2O2/c1-16-2-6-18(7-3-16)23-12-10-22(11-13-23)14-19(24)15-25-20-8-4-17(21)5-9-20/h2-9,19,24H,10-15H2,1H3/t19-/m0/s1. The number of halogens is 1. The van der Waals surface area contributed by atoms with Crippen LogP contribution in [0.3, 0.4) is 0 Å². The van der Waals surface area contributed by atoms with Gasteiger partial charge in [-0.3, -0.25) is 4.90 Å². The van der Waals surface area contributed by atoms with Crippen LogP contribution in [0.2, 0.25) is 5.02 Å². The third-order valence-corrected chi connectivity index (χ3v) is 4.75. The van der Waals surface area contributed by atoms with E-state index in [0.717, 1.165) is 31.9 Å². The van der Waals surface area contributed by atoms with Crippen molar-refractivity contribution in [3.05, 3.63) is 59.1 Å². The second kappa shape index (κ2) is 8.56. The van der Waals surface area contributed by atoms with Gasteiger partial charge in [0.05, 0.1) is 0 Å². The Morgan fingerprint density at radius 3 is 2.28 bits per heavy atom. The van der Waals surface area contributed by atoms with Crippen LogP contribution in [0, 0.1) is 6.92 Å². The highest BCUT2D eigenvalue weighted by Gasteiger charge is 2.19. The lowest BCUT2D eigenvalue weighted by Gasteiger charge is -2.36. The Morgan fingerprint density at radius 2 is 1.64 bits per heavy atom. The molecular weight excluding hydrogens is 336 g/mol. The molecule has 1 fully saturated rings. The number of nitrogens with zero attached hydrogens (tertiary/aromatic N) is 2. The minimum Gasteiger partial charge on any atom is -0.491 e. The molecule has 1 atom stereocenters. The minimum absolute atomic E-state index is 0.291. The molecule has 134 valence electrons. The third kappa shape index (κ3) is 5.36. The number of piperazine rings is 1. The van der Waals surface area contributed by atoms with E-state index in [1.165, 1.54) is 11.3 Å². The van der Waals surface area contributed by atoms with Crippen LogP contribution in [0.25, 0.3) is 0 Å². The quantitative estimate of drug-likeness (QED) is 0.858. The summed E-state index contributed by atoms with van der Waals surface area (Å²) in [5.74, 6) is 0.729. The molecule has 1 N–H and O–H groups in total. The van der Waals surface area contributed by atoms with Gasteiger partial charge in [-0.05, 0) is 43.3 Å². The van der Waals surface area contributed by atoms with Gasteiger partial charge in [0.15, 0.2) is 0 Å². The van der Waals surface area contributed by atoms with Crippen LogP contribution < -0.4 is 9.64 Å². The number of ether oxygens (including phenoxy) is 1. The van der Waals surface area contributed by atoms with Crippen LogP contribution in [0.15, 0.2) is 48.5 Å². The van der Waals surface area contributed by atoms with Crippen LogP contribution in [0.4, 0.5) is 5.69 Å². The number of aliphatic hydroxyl groups excluding tert-OH is 1. The summed E-state index contributed by atoms with van der Waals surface area (Å²) in [6.07, 6.45) is -0.499. The van der Waals surface area contributed by atoms with E-state index in [0.29, 0.717) is 18.2 Å². The summed E-state index contributed by atoms with van der Waals surface area (Å²) >= 11 is 5.85. The highest BCUT2D eigenvalue weighted by molar-refractivity contribution is 6.30. The van der Waals surface area contributed by atoms with Gasteiger partial charge in [-0.1, -0.05) is 29.3 Å². The van der Waals surface area contributed by atoms with Crippen molar-refractivity contribution >= 4 is 17.3 Å². The van der Waals surface area contributed by atoms with E-state index in [-0.39, 0.29) is 0 Å². The zero-order chi connectivity index (χ0) is 17.6. The Hall–Kier alpha value is -1.75. The number of benzene rings is 2. The zero-order valence-electron chi connectivity index (χ0n) is 14.6. The molecule has 0 amide bonds. The molecule has 25 heavy (non-hydrogen) atoms. The van der Waals surface area contributed by atoms with Crippen molar-refractivity contribution < 1.29 is 9.84 Å². The van der Waals surface area contributed by atoms with E-state index in [4.69, 9.17) is 16.3 Å². The first-order valence-electron chi connectivity index (χ1n) is 8.70. The molecule has 2 aromatic carbocycles. The summed E-state index contributed by atoms with van der Waals surface area (Å²) in [6.45, 7) is 6.89. The Bertz CT molecular complexity index is 652. The Balaban J connectivity index is 1.40. The number of aryl methyl sites for hydroxylation is 1. The van der Waals surface area contributed by atoms with E-state index in [2.05, 4.69) is 41.0 Å². The summed E-state index contributed by atoms with van der Waals surface area (Å²) in [7, 11) is 0. The molecule has 0 unspecified atom stereocenters. The van der Waals surface area contributed by atoms with Crippen LogP contribution in [0.1, 0.15) is 5.56 Å². The molecule has 1 heterocycles. The van der Waals surface area contributed by atoms with Crippen LogP contribution in [-0.4, -0.2) is 55.4 Å². The molecule has 1 aliphatic rings. The van der Waals surface area contributed by atoms with E-state index in [1.807, 2.05) is 12.1 Å². The van der Waals surface area contributed by atoms with Gasteiger partial charge < -0.3 is 14.7 Å². The van der Waals surface area contributed by atoms with E-state index in [9.17, 15) is 5.11 Å². The highest BCUT2D eigenvalue weighted by Crippen LogP contribution is 2.18. The maximum absolute atomic E-state index is 10.2. The monoisotopic (exact) mass is 360 g/mol. The summed E-state index contributed by atoms with van der Waals surface area (Å²) < 4.78 is 5.62. The fourth-order valence-corrected chi connectivity index (χ4v) is 3.14. The largest absolute Gasteiger partial charge is 0.491 e. The van der Waals surface area contributed by atoms with Crippen LogP contribution >= 0.6 is 11.6 Å². The van der Waals surface area contributed by atoms with Crippen molar-refractivity contribution in [3.8, 4) is 5.75 Å². The summed E-state index contributed by atoms with van der Waals surface area (Å²) in [5.41, 5.74) is 2.56. The lowest BCUT2D eigenvalue weighted by Crippen LogP contribution is -2.49. The third-order valence-electron chi connectivity index (χ3n) is 4.50. The van der Waals surface area contributed by atoms with Gasteiger partial charge in [-0.2, -0.15) is 0 Å². The second-order valence-electron chi connectivity index (χ2n) is 6.54. The molecule has 0 aromatic heterocycles. The van der Waals surface area contributed by atoms with Gasteiger partial charge in [0.25, 0.3) is 0 Å². The van der Waals surface area contributed by atoms with Crippen LogP contribution in [0.5, 0.6) is 5.75 Å². The number of aliphatic hydroxyl groups is 1. The highest BCUT2D eigenvalue weighted by atomic mass is 35.5. The van der Waals surface area contributed by atoms with E-state index in [1.54, 1.807) is 12.1 Å². The molecule has 0 spiro atoms. The lowest BCUT2D eigenvalue weighted by molar-refractivity contribution is 0.0663. The van der Waals surface area contributed by atoms with Crippen molar-refractivity contribution in [2.24, 2.45) is 0 Å². The minimum atomic E-state index is -0.499. The Morgan fingerprint density at radius 1 is 1.00 bits per heavy atom. The molecule has 3 rings (SSSR count). The van der Waals surface area contributed by atoms with Gasteiger partial charge in [0.1, 0.15) is 18.5 Å². The predicted molar refractivity (Wildman–Crippen MR) is 103 cm³/mol. The normalized spacial score (nSPS) is 16.7. The van der Waals surface area contributed by atoms with Crippen molar-refractivity contribution in [1.29, 1.82) is 0 Å². The van der Waals surface area contributed by atoms with Crippen molar-refractivity contribution in [1.82, 2.24) is 4.90 Å². The number of β-amino-alcohol motifs (C(OH)–C–C–N with tert-alkyl or cyclic N) is 1. The number of hydrogen-bond acceptors (Lipinski definition) is 4. The SMILES string of the molecule is Cc1ccc(N2CCN(C[C@H](O)COc3ccc(Cl)cc3)CC2)cc1. The first-order valence-corrected chi connectivity index (χ1v) is 9.08. The van der Waals surface area contributed by atoms with E-state index >= 15 is 0 Å². The topological polar surface area (TPSA) is 35.9 Å². The second-order valence-corrected chi connectivity index (χ2v) is 6.98. The molecule has 4 nitrogen and oxygen atoms in total. The van der Waals surface area contributed by atoms with Gasteiger partial charge in [0, 0.05) is 43.4 Å². The maximum atomic E-state index is 10.2. The number of hydrogen-bond donors (Lipinski definition) is 1. The number of anilines is 1. The Labute approximate surface area is 154 Å². The molecule has 0 bridgehead atoms. The summed E-state index contributed by atoms with van der Waals surface area (Å²) in [6, 6.07) is 15.9. The van der Waals surface area contributed by atoms with E-state index < -0.39 is 6.10 Å². The van der Waals surface area contributed by atoms with Gasteiger partial charge in [-0.15, -0.1) is 0 Å². The molecule has 0 saturated carbocycles. The van der Waals surface area contributed by atoms with Crippen molar-refractivity contribution in [3.63, 3.8) is 0 Å². The summed E-state index contributed by atoms with van der Waals surface area (Å²) in [4.78, 5) is 4.69. The van der Waals surface area contributed by atoms with Gasteiger partial charge >= 0.3 is 0 Å². The molecule has 0 aliphatic carbocycles. The van der Waals surface area contributed by atoms with Gasteiger partial charge in [0.2, 0.25) is 0 Å². The summed E-state index contributed by atoms with van der Waals surface area (Å²) in [5, 5.41) is 10.9. The molecule has 0 radical (unpaired) electrons. The van der Waals surface area contributed by atoms with Crippen molar-refractivity contribution in [2.75, 3.05) is 44.2 Å². The fraction of sp³-hybridized carbons (Fsp3) is 0.400.